The Labute approximate surface area is 175 Å². The lowest BCUT2D eigenvalue weighted by atomic mass is 9.97. The van der Waals surface area contributed by atoms with Crippen molar-refractivity contribution in [3.05, 3.63) is 49.5 Å². The maximum absolute atomic E-state index is 13.1. The van der Waals surface area contributed by atoms with Gasteiger partial charge in [-0.3, -0.25) is 9.36 Å². The van der Waals surface area contributed by atoms with Gasteiger partial charge in [0, 0.05) is 21.6 Å². The van der Waals surface area contributed by atoms with Crippen LogP contribution in [0.3, 0.4) is 0 Å². The number of thiophene rings is 1. The molecule has 0 bridgehead atoms. The van der Waals surface area contributed by atoms with Crippen LogP contribution in [0.25, 0.3) is 10.2 Å². The Morgan fingerprint density at radius 1 is 1.26 bits per heavy atom. The molecule has 0 spiro atoms. The average Bonchev–Trinajstić information content (AvgIpc) is 3.05. The average molecular weight is 465 g/mol. The molecule has 4 rings (SSSR count). The zero-order valence-electron chi connectivity index (χ0n) is 15.2. The van der Waals surface area contributed by atoms with E-state index in [0.29, 0.717) is 13.2 Å². The highest BCUT2D eigenvalue weighted by atomic mass is 79.9. The molecular weight excluding hydrogens is 444 g/mol. The van der Waals surface area contributed by atoms with Crippen LogP contribution in [-0.2, 0) is 19.4 Å². The number of ether oxygens (including phenoxy) is 1. The number of hydrogen-bond acceptors (Lipinski definition) is 5. The second kappa shape index (κ2) is 8.37. The van der Waals surface area contributed by atoms with Crippen molar-refractivity contribution in [2.24, 2.45) is 0 Å². The number of benzene rings is 1. The maximum Gasteiger partial charge on any atom is 0.263 e. The first kappa shape index (κ1) is 19.0. The van der Waals surface area contributed by atoms with Crippen molar-refractivity contribution in [1.29, 1.82) is 0 Å². The van der Waals surface area contributed by atoms with E-state index in [-0.39, 0.29) is 5.56 Å². The van der Waals surface area contributed by atoms with E-state index in [1.54, 1.807) is 23.1 Å². The van der Waals surface area contributed by atoms with Crippen molar-refractivity contribution < 1.29 is 4.74 Å². The molecule has 0 amide bonds. The number of aryl methyl sites for hydroxylation is 2. The van der Waals surface area contributed by atoms with Gasteiger partial charge in [-0.05, 0) is 62.4 Å². The SMILES string of the molecule is CCn1c(SCCOc2ccc(Br)cc2)nc2sc3c(c2c1=O)CCCC3. The molecule has 3 aromatic rings. The second-order valence-electron chi connectivity index (χ2n) is 6.49. The monoisotopic (exact) mass is 464 g/mol. The molecule has 27 heavy (non-hydrogen) atoms. The van der Waals surface area contributed by atoms with E-state index in [1.807, 2.05) is 35.8 Å². The third-order valence-electron chi connectivity index (χ3n) is 4.75. The van der Waals surface area contributed by atoms with Crippen LogP contribution in [0.1, 0.15) is 30.2 Å². The van der Waals surface area contributed by atoms with Gasteiger partial charge < -0.3 is 4.74 Å². The molecule has 2 aromatic heterocycles. The lowest BCUT2D eigenvalue weighted by Crippen LogP contribution is -2.23. The molecule has 0 fully saturated rings. The Kier molecular flexibility index (Phi) is 5.90. The van der Waals surface area contributed by atoms with Gasteiger partial charge in [-0.25, -0.2) is 4.98 Å². The fourth-order valence-electron chi connectivity index (χ4n) is 3.43. The molecule has 0 saturated heterocycles. The summed E-state index contributed by atoms with van der Waals surface area (Å²) < 4.78 is 8.63. The molecule has 0 unspecified atom stereocenters. The third-order valence-corrected chi connectivity index (χ3v) is 7.41. The first-order chi connectivity index (χ1) is 13.2. The fourth-order valence-corrected chi connectivity index (χ4v) is 5.88. The quantitative estimate of drug-likeness (QED) is 0.282. The molecular formula is C20H21BrN2O2S2. The number of hydrogen-bond donors (Lipinski definition) is 0. The van der Waals surface area contributed by atoms with Crippen molar-refractivity contribution >= 4 is 49.2 Å². The summed E-state index contributed by atoms with van der Waals surface area (Å²) >= 11 is 6.73. The van der Waals surface area contributed by atoms with Crippen LogP contribution in [0.2, 0.25) is 0 Å². The molecule has 0 aliphatic heterocycles. The molecule has 1 aliphatic rings. The third kappa shape index (κ3) is 3.96. The van der Waals surface area contributed by atoms with Gasteiger partial charge in [-0.1, -0.05) is 27.7 Å². The fraction of sp³-hybridized carbons (Fsp3) is 0.400. The number of thioether (sulfide) groups is 1. The highest BCUT2D eigenvalue weighted by molar-refractivity contribution is 9.10. The van der Waals surface area contributed by atoms with Crippen molar-refractivity contribution in [3.63, 3.8) is 0 Å². The predicted molar refractivity (Wildman–Crippen MR) is 117 cm³/mol. The molecule has 0 atom stereocenters. The van der Waals surface area contributed by atoms with Crippen LogP contribution in [0.5, 0.6) is 5.75 Å². The van der Waals surface area contributed by atoms with Crippen molar-refractivity contribution in [2.45, 2.75) is 44.3 Å². The van der Waals surface area contributed by atoms with Crippen LogP contribution in [-0.4, -0.2) is 21.9 Å². The normalized spacial score (nSPS) is 13.7. The van der Waals surface area contributed by atoms with E-state index in [1.165, 1.54) is 23.3 Å². The van der Waals surface area contributed by atoms with E-state index < -0.39 is 0 Å². The topological polar surface area (TPSA) is 44.1 Å². The molecule has 1 aliphatic carbocycles. The highest BCUT2D eigenvalue weighted by Crippen LogP contribution is 2.34. The van der Waals surface area contributed by atoms with Crippen LogP contribution in [0.4, 0.5) is 0 Å². The summed E-state index contributed by atoms with van der Waals surface area (Å²) in [6.07, 6.45) is 4.50. The van der Waals surface area contributed by atoms with Gasteiger partial charge in [0.1, 0.15) is 10.6 Å². The lowest BCUT2D eigenvalue weighted by molar-refractivity contribution is 0.343. The maximum atomic E-state index is 13.1. The highest BCUT2D eigenvalue weighted by Gasteiger charge is 2.21. The van der Waals surface area contributed by atoms with Crippen LogP contribution >= 0.6 is 39.0 Å². The van der Waals surface area contributed by atoms with E-state index in [2.05, 4.69) is 15.9 Å². The van der Waals surface area contributed by atoms with E-state index in [9.17, 15) is 4.79 Å². The minimum atomic E-state index is 0.123. The Hall–Kier alpha value is -1.31. The van der Waals surface area contributed by atoms with Crippen LogP contribution in [0.15, 0.2) is 38.7 Å². The minimum absolute atomic E-state index is 0.123. The number of aromatic nitrogens is 2. The van der Waals surface area contributed by atoms with Crippen molar-refractivity contribution in [1.82, 2.24) is 9.55 Å². The molecule has 4 nitrogen and oxygen atoms in total. The summed E-state index contributed by atoms with van der Waals surface area (Å²) in [5.41, 5.74) is 1.38. The molecule has 2 heterocycles. The number of fused-ring (bicyclic) bond motifs is 3. The standard InChI is InChI=1S/C20H21BrN2O2S2/c1-2-23-19(24)17-15-5-3-4-6-16(15)27-18(17)22-20(23)26-12-11-25-14-9-7-13(21)8-10-14/h7-10H,2-6,11-12H2,1H3. The molecule has 0 N–H and O–H groups in total. The molecule has 142 valence electrons. The molecule has 7 heteroatoms. The Morgan fingerprint density at radius 2 is 2.04 bits per heavy atom. The molecule has 0 radical (unpaired) electrons. The Bertz CT molecular complexity index is 1010. The summed E-state index contributed by atoms with van der Waals surface area (Å²) in [4.78, 5) is 20.2. The van der Waals surface area contributed by atoms with Gasteiger partial charge in [-0.15, -0.1) is 11.3 Å². The summed E-state index contributed by atoms with van der Waals surface area (Å²) in [6, 6.07) is 7.81. The summed E-state index contributed by atoms with van der Waals surface area (Å²) in [5.74, 6) is 1.60. The van der Waals surface area contributed by atoms with Crippen LogP contribution in [0, 0.1) is 0 Å². The van der Waals surface area contributed by atoms with E-state index in [0.717, 1.165) is 44.2 Å². The predicted octanol–water partition coefficient (Wildman–Crippen LogP) is 5.29. The zero-order valence-corrected chi connectivity index (χ0v) is 18.4. The van der Waals surface area contributed by atoms with Crippen molar-refractivity contribution in [3.8, 4) is 5.75 Å². The zero-order chi connectivity index (χ0) is 18.8. The number of halogens is 1. The minimum Gasteiger partial charge on any atom is -0.493 e. The number of nitrogens with zero attached hydrogens (tertiary/aromatic N) is 2. The smallest absolute Gasteiger partial charge is 0.263 e. The van der Waals surface area contributed by atoms with Gasteiger partial charge in [-0.2, -0.15) is 0 Å². The Morgan fingerprint density at radius 3 is 2.81 bits per heavy atom. The first-order valence-corrected chi connectivity index (χ1v) is 11.8. The van der Waals surface area contributed by atoms with Gasteiger partial charge in [0.15, 0.2) is 5.16 Å². The summed E-state index contributed by atoms with van der Waals surface area (Å²) in [7, 11) is 0. The number of rotatable bonds is 6. The van der Waals surface area contributed by atoms with E-state index in [4.69, 9.17) is 9.72 Å². The van der Waals surface area contributed by atoms with E-state index >= 15 is 0 Å². The van der Waals surface area contributed by atoms with Gasteiger partial charge in [0.25, 0.3) is 5.56 Å². The summed E-state index contributed by atoms with van der Waals surface area (Å²) in [5, 5.41) is 1.67. The molecule has 1 aromatic carbocycles. The second-order valence-corrected chi connectivity index (χ2v) is 9.55. The Balaban J connectivity index is 1.52. The summed E-state index contributed by atoms with van der Waals surface area (Å²) in [6.45, 7) is 3.23. The molecule has 0 saturated carbocycles. The van der Waals surface area contributed by atoms with Gasteiger partial charge in [0.2, 0.25) is 0 Å². The first-order valence-electron chi connectivity index (χ1n) is 9.23. The van der Waals surface area contributed by atoms with Crippen molar-refractivity contribution in [2.75, 3.05) is 12.4 Å². The largest absolute Gasteiger partial charge is 0.493 e. The van der Waals surface area contributed by atoms with Gasteiger partial charge in [0.05, 0.1) is 12.0 Å². The lowest BCUT2D eigenvalue weighted by Gasteiger charge is -2.12. The van der Waals surface area contributed by atoms with Crippen LogP contribution < -0.4 is 10.3 Å². The van der Waals surface area contributed by atoms with Gasteiger partial charge >= 0.3 is 0 Å².